The summed E-state index contributed by atoms with van der Waals surface area (Å²) in [5.74, 6) is 2.12. The molecule has 2 aliphatic heterocycles. The molecule has 5 rings (SSSR count). The van der Waals surface area contributed by atoms with Gasteiger partial charge in [0.05, 0.1) is 11.7 Å². The summed E-state index contributed by atoms with van der Waals surface area (Å²) in [6, 6.07) is 13.3. The number of hydrogen-bond donors (Lipinski definition) is 0. The Kier molecular flexibility index (Phi) is 4.89. The van der Waals surface area contributed by atoms with E-state index in [1.165, 1.54) is 27.7 Å². The normalized spacial score (nSPS) is 23.0. The Hall–Kier alpha value is -2.60. The van der Waals surface area contributed by atoms with Crippen molar-refractivity contribution in [2.24, 2.45) is 4.99 Å². The molecular formula is C24H27N5S. The van der Waals surface area contributed by atoms with E-state index in [0.717, 1.165) is 23.7 Å². The van der Waals surface area contributed by atoms with Crippen LogP contribution >= 0.6 is 11.8 Å². The van der Waals surface area contributed by atoms with Crippen LogP contribution in [0.15, 0.2) is 53.8 Å². The van der Waals surface area contributed by atoms with Gasteiger partial charge in [-0.15, -0.1) is 0 Å². The third-order valence-electron chi connectivity index (χ3n) is 6.31. The van der Waals surface area contributed by atoms with Crippen LogP contribution in [0.1, 0.15) is 53.6 Å². The lowest BCUT2D eigenvalue weighted by atomic mass is 9.95. The summed E-state index contributed by atoms with van der Waals surface area (Å²) in [7, 11) is 0. The van der Waals surface area contributed by atoms with Crippen LogP contribution in [0.4, 0.5) is 0 Å². The van der Waals surface area contributed by atoms with Crippen molar-refractivity contribution >= 4 is 16.9 Å². The smallest absolute Gasteiger partial charge is 0.160 e. The zero-order chi connectivity index (χ0) is 20.8. The lowest BCUT2D eigenvalue weighted by Gasteiger charge is -2.32. The lowest BCUT2D eigenvalue weighted by Crippen LogP contribution is -2.35. The molecular weight excluding hydrogens is 390 g/mol. The first kappa shape index (κ1) is 19.4. The molecule has 5 heterocycles. The molecule has 2 aliphatic rings. The number of fused-ring (bicyclic) bond motifs is 1. The van der Waals surface area contributed by atoms with Gasteiger partial charge >= 0.3 is 0 Å². The van der Waals surface area contributed by atoms with Crippen LogP contribution in [0.25, 0.3) is 5.82 Å². The fourth-order valence-electron chi connectivity index (χ4n) is 4.81. The maximum atomic E-state index is 5.16. The topological polar surface area (TPSA) is 46.3 Å². The molecule has 0 bridgehead atoms. The molecule has 3 aromatic rings. The van der Waals surface area contributed by atoms with E-state index in [2.05, 4.69) is 71.4 Å². The van der Waals surface area contributed by atoms with Gasteiger partial charge in [-0.3, -0.25) is 9.98 Å². The zero-order valence-corrected chi connectivity index (χ0v) is 18.7. The monoisotopic (exact) mass is 417 g/mol. The first-order chi connectivity index (χ1) is 14.6. The molecule has 0 spiro atoms. The van der Waals surface area contributed by atoms with Gasteiger partial charge in [-0.05, 0) is 62.6 Å². The Morgan fingerprint density at radius 3 is 2.63 bits per heavy atom. The molecule has 154 valence electrons. The van der Waals surface area contributed by atoms with Crippen molar-refractivity contribution in [1.29, 1.82) is 0 Å². The van der Waals surface area contributed by atoms with Gasteiger partial charge in [-0.25, -0.2) is 4.98 Å². The average Bonchev–Trinajstić information content (AvgIpc) is 3.41. The highest BCUT2D eigenvalue weighted by Gasteiger charge is 2.46. The molecule has 1 fully saturated rings. The minimum absolute atomic E-state index is 0.0156. The van der Waals surface area contributed by atoms with Crippen molar-refractivity contribution < 1.29 is 0 Å². The number of thioether (sulfide) groups is 1. The van der Waals surface area contributed by atoms with Crippen molar-refractivity contribution in [3.8, 4) is 5.82 Å². The molecule has 0 aliphatic carbocycles. The van der Waals surface area contributed by atoms with Gasteiger partial charge in [-0.2, -0.15) is 0 Å². The second kappa shape index (κ2) is 7.58. The summed E-state index contributed by atoms with van der Waals surface area (Å²) < 4.78 is 2.29. The van der Waals surface area contributed by atoms with Gasteiger partial charge in [0.15, 0.2) is 5.17 Å². The van der Waals surface area contributed by atoms with Crippen molar-refractivity contribution in [2.75, 3.05) is 5.75 Å². The summed E-state index contributed by atoms with van der Waals surface area (Å²) in [6.07, 6.45) is 4.87. The maximum Gasteiger partial charge on any atom is 0.160 e. The Bertz CT molecular complexity index is 1100. The molecule has 6 heteroatoms. The number of pyridine rings is 2. The van der Waals surface area contributed by atoms with E-state index in [4.69, 9.17) is 4.99 Å². The van der Waals surface area contributed by atoms with Crippen LogP contribution in [-0.4, -0.2) is 36.4 Å². The van der Waals surface area contributed by atoms with Gasteiger partial charge < -0.3 is 9.47 Å². The van der Waals surface area contributed by atoms with Crippen LogP contribution in [0, 0.1) is 20.8 Å². The predicted molar refractivity (Wildman–Crippen MR) is 123 cm³/mol. The molecule has 0 amide bonds. The van der Waals surface area contributed by atoms with Crippen molar-refractivity contribution in [3.05, 3.63) is 77.0 Å². The molecule has 0 aromatic carbocycles. The van der Waals surface area contributed by atoms with E-state index >= 15 is 0 Å². The van der Waals surface area contributed by atoms with Gasteiger partial charge in [0.1, 0.15) is 11.9 Å². The fourth-order valence-corrected chi connectivity index (χ4v) is 6.15. The summed E-state index contributed by atoms with van der Waals surface area (Å²) in [6.45, 7) is 8.79. The van der Waals surface area contributed by atoms with E-state index < -0.39 is 0 Å². The highest BCUT2D eigenvalue weighted by atomic mass is 32.2. The van der Waals surface area contributed by atoms with Crippen LogP contribution in [0.2, 0.25) is 0 Å². The highest BCUT2D eigenvalue weighted by molar-refractivity contribution is 8.14. The molecule has 0 N–H and O–H groups in total. The minimum Gasteiger partial charge on any atom is -0.338 e. The van der Waals surface area contributed by atoms with Crippen LogP contribution in [0.3, 0.4) is 0 Å². The number of aromatic nitrogens is 3. The second-order valence-corrected chi connectivity index (χ2v) is 9.13. The van der Waals surface area contributed by atoms with E-state index in [1.807, 2.05) is 36.3 Å². The second-order valence-electron chi connectivity index (χ2n) is 8.14. The first-order valence-corrected chi connectivity index (χ1v) is 11.6. The quantitative estimate of drug-likeness (QED) is 0.587. The molecule has 0 unspecified atom stereocenters. The fraction of sp³-hybridized carbons (Fsp3) is 0.375. The van der Waals surface area contributed by atoms with Crippen LogP contribution in [0.5, 0.6) is 0 Å². The molecule has 1 saturated heterocycles. The van der Waals surface area contributed by atoms with Crippen molar-refractivity contribution in [1.82, 2.24) is 19.4 Å². The number of amidine groups is 1. The maximum absolute atomic E-state index is 5.16. The highest BCUT2D eigenvalue weighted by Crippen LogP contribution is 2.49. The summed E-state index contributed by atoms with van der Waals surface area (Å²) in [4.78, 5) is 17.1. The average molecular weight is 418 g/mol. The Labute approximate surface area is 182 Å². The van der Waals surface area contributed by atoms with Gasteiger partial charge in [0.2, 0.25) is 0 Å². The number of aliphatic imine (C=N–C) groups is 1. The lowest BCUT2D eigenvalue weighted by molar-refractivity contribution is 0.254. The Morgan fingerprint density at radius 2 is 1.90 bits per heavy atom. The first-order valence-electron chi connectivity index (χ1n) is 10.6. The van der Waals surface area contributed by atoms with Gasteiger partial charge in [-0.1, -0.05) is 30.8 Å². The van der Waals surface area contributed by atoms with Crippen LogP contribution < -0.4 is 0 Å². The van der Waals surface area contributed by atoms with E-state index in [9.17, 15) is 0 Å². The van der Waals surface area contributed by atoms with Crippen molar-refractivity contribution in [3.63, 3.8) is 0 Å². The largest absolute Gasteiger partial charge is 0.338 e. The molecule has 0 saturated carbocycles. The summed E-state index contributed by atoms with van der Waals surface area (Å²) in [5, 5.41) is 1.17. The number of rotatable bonds is 4. The van der Waals surface area contributed by atoms with Crippen LogP contribution in [-0.2, 0) is 0 Å². The Balaban J connectivity index is 1.66. The number of hydrogen-bond acceptors (Lipinski definition) is 5. The molecule has 3 atom stereocenters. The van der Waals surface area contributed by atoms with E-state index in [-0.39, 0.29) is 12.1 Å². The molecule has 5 nitrogen and oxygen atoms in total. The number of nitrogens with zero attached hydrogens (tertiary/aromatic N) is 5. The minimum atomic E-state index is 0.0156. The molecule has 0 radical (unpaired) electrons. The molecule has 30 heavy (non-hydrogen) atoms. The third-order valence-corrected chi connectivity index (χ3v) is 7.44. The third kappa shape index (κ3) is 2.97. The standard InChI is InChI=1S/C24H27N5S/c1-5-18-14-30-24-27-21(20-10-6-7-11-25-20)22(29(18)24)19-13-16(3)28(17(19)4)23-15(2)9-8-12-26-23/h6-13,18,21-22H,5,14H2,1-4H3/t18-,21-,22+/m1/s1. The van der Waals surface area contributed by atoms with Gasteiger partial charge in [0, 0.05) is 35.6 Å². The van der Waals surface area contributed by atoms with Gasteiger partial charge in [0.25, 0.3) is 0 Å². The van der Waals surface area contributed by atoms with E-state index in [0.29, 0.717) is 6.04 Å². The number of aryl methyl sites for hydroxylation is 2. The van der Waals surface area contributed by atoms with Crippen molar-refractivity contribution in [2.45, 2.75) is 52.2 Å². The zero-order valence-electron chi connectivity index (χ0n) is 17.9. The summed E-state index contributed by atoms with van der Waals surface area (Å²) >= 11 is 1.89. The molecule has 3 aromatic heterocycles. The summed E-state index contributed by atoms with van der Waals surface area (Å²) in [5.41, 5.74) is 5.99. The SMILES string of the molecule is CC[C@@H]1CSC2=N[C@H](c3ccccn3)[C@H](c3cc(C)n(-c4ncccc4C)c3C)N21. The Morgan fingerprint density at radius 1 is 1.07 bits per heavy atom. The van der Waals surface area contributed by atoms with E-state index in [1.54, 1.807) is 0 Å². The predicted octanol–water partition coefficient (Wildman–Crippen LogP) is 5.17.